The van der Waals surface area contributed by atoms with Crippen molar-refractivity contribution in [2.75, 3.05) is 14.2 Å². The summed E-state index contributed by atoms with van der Waals surface area (Å²) in [5.41, 5.74) is 0.913. The molecule has 2 rings (SSSR count). The SMILES string of the molecule is CNC(c1cncc(OC)c1)c1cc(F)c(F)c(F)c1. The zero-order valence-corrected chi connectivity index (χ0v) is 11.0. The molecule has 106 valence electrons. The van der Waals surface area contributed by atoms with E-state index in [0.717, 1.165) is 12.1 Å². The topological polar surface area (TPSA) is 34.2 Å². The van der Waals surface area contributed by atoms with Gasteiger partial charge < -0.3 is 10.1 Å². The Balaban J connectivity index is 2.46. The average Bonchev–Trinajstić information content (AvgIpc) is 2.45. The van der Waals surface area contributed by atoms with Crippen LogP contribution in [0, 0.1) is 17.5 Å². The van der Waals surface area contributed by atoms with E-state index in [1.807, 2.05) is 0 Å². The summed E-state index contributed by atoms with van der Waals surface area (Å²) in [6.07, 6.45) is 3.06. The number of methoxy groups -OCH3 is 1. The van der Waals surface area contributed by atoms with Crippen molar-refractivity contribution in [3.05, 3.63) is 59.2 Å². The molecular weight excluding hydrogens is 269 g/mol. The van der Waals surface area contributed by atoms with Gasteiger partial charge in [0.1, 0.15) is 5.75 Å². The maximum absolute atomic E-state index is 13.3. The number of hydrogen-bond acceptors (Lipinski definition) is 3. The van der Waals surface area contributed by atoms with Gasteiger partial charge in [0.15, 0.2) is 17.5 Å². The molecular formula is C14H13F3N2O. The van der Waals surface area contributed by atoms with Crippen molar-refractivity contribution in [2.24, 2.45) is 0 Å². The summed E-state index contributed by atoms with van der Waals surface area (Å²) in [5, 5.41) is 2.91. The second kappa shape index (κ2) is 5.92. The van der Waals surface area contributed by atoms with Gasteiger partial charge in [0.05, 0.1) is 19.3 Å². The monoisotopic (exact) mass is 282 g/mol. The molecule has 1 atom stereocenters. The van der Waals surface area contributed by atoms with E-state index in [9.17, 15) is 13.2 Å². The summed E-state index contributed by atoms with van der Waals surface area (Å²) in [7, 11) is 3.12. The largest absolute Gasteiger partial charge is 0.495 e. The molecule has 0 fully saturated rings. The van der Waals surface area contributed by atoms with Crippen molar-refractivity contribution in [1.82, 2.24) is 10.3 Å². The van der Waals surface area contributed by atoms with Crippen LogP contribution >= 0.6 is 0 Å². The second-order valence-corrected chi connectivity index (χ2v) is 4.18. The summed E-state index contributed by atoms with van der Waals surface area (Å²) < 4.78 is 44.7. The van der Waals surface area contributed by atoms with Crippen LogP contribution < -0.4 is 10.1 Å². The quantitative estimate of drug-likeness (QED) is 0.876. The Kier molecular flexibility index (Phi) is 4.24. The van der Waals surface area contributed by atoms with E-state index in [0.29, 0.717) is 11.3 Å². The van der Waals surface area contributed by atoms with Crippen molar-refractivity contribution in [2.45, 2.75) is 6.04 Å². The van der Waals surface area contributed by atoms with Crippen LogP contribution in [0.25, 0.3) is 0 Å². The maximum Gasteiger partial charge on any atom is 0.194 e. The van der Waals surface area contributed by atoms with E-state index in [1.54, 1.807) is 19.3 Å². The van der Waals surface area contributed by atoms with E-state index in [1.165, 1.54) is 13.3 Å². The van der Waals surface area contributed by atoms with Crippen molar-refractivity contribution >= 4 is 0 Å². The Labute approximate surface area is 114 Å². The minimum Gasteiger partial charge on any atom is -0.495 e. The standard InChI is InChI=1S/C14H13F3N2O/c1-18-14(9-3-10(20-2)7-19-6-9)8-4-11(15)13(17)12(16)5-8/h3-7,14,18H,1-2H3. The predicted octanol–water partition coefficient (Wildman–Crippen LogP) is 2.82. The van der Waals surface area contributed by atoms with Crippen LogP contribution in [0.2, 0.25) is 0 Å². The molecule has 1 aromatic carbocycles. The van der Waals surface area contributed by atoms with Gasteiger partial charge in [-0.1, -0.05) is 0 Å². The summed E-state index contributed by atoms with van der Waals surface area (Å²) in [4.78, 5) is 3.99. The third-order valence-corrected chi connectivity index (χ3v) is 2.93. The number of nitrogens with one attached hydrogen (secondary N) is 1. The summed E-state index contributed by atoms with van der Waals surface area (Å²) in [6.45, 7) is 0. The molecule has 1 unspecified atom stereocenters. The molecule has 0 spiro atoms. The van der Waals surface area contributed by atoms with Crippen LogP contribution in [0.15, 0.2) is 30.6 Å². The predicted molar refractivity (Wildman–Crippen MR) is 68.0 cm³/mol. The minimum absolute atomic E-state index is 0.263. The first-order chi connectivity index (χ1) is 9.56. The highest BCUT2D eigenvalue weighted by molar-refractivity contribution is 5.34. The van der Waals surface area contributed by atoms with E-state index >= 15 is 0 Å². The number of nitrogens with zero attached hydrogens (tertiary/aromatic N) is 1. The zero-order chi connectivity index (χ0) is 14.7. The normalized spacial score (nSPS) is 12.2. The first-order valence-corrected chi connectivity index (χ1v) is 5.87. The molecule has 0 saturated carbocycles. The second-order valence-electron chi connectivity index (χ2n) is 4.18. The Morgan fingerprint density at radius 1 is 1.05 bits per heavy atom. The number of benzene rings is 1. The third-order valence-electron chi connectivity index (χ3n) is 2.93. The summed E-state index contributed by atoms with van der Waals surface area (Å²) >= 11 is 0. The number of pyridine rings is 1. The molecule has 2 aromatic rings. The molecule has 20 heavy (non-hydrogen) atoms. The van der Waals surface area contributed by atoms with Gasteiger partial charge in [-0.25, -0.2) is 13.2 Å². The van der Waals surface area contributed by atoms with E-state index in [2.05, 4.69) is 10.3 Å². The molecule has 0 aliphatic heterocycles. The number of hydrogen-bond donors (Lipinski definition) is 1. The molecule has 1 aromatic heterocycles. The lowest BCUT2D eigenvalue weighted by Crippen LogP contribution is -2.18. The summed E-state index contributed by atoms with van der Waals surface area (Å²) in [6, 6.07) is 3.08. The third kappa shape index (κ3) is 2.75. The van der Waals surface area contributed by atoms with Crippen LogP contribution in [0.3, 0.4) is 0 Å². The van der Waals surface area contributed by atoms with Crippen LogP contribution in [-0.2, 0) is 0 Å². The number of rotatable bonds is 4. The zero-order valence-electron chi connectivity index (χ0n) is 11.0. The van der Waals surface area contributed by atoms with Gasteiger partial charge in [0.25, 0.3) is 0 Å². The van der Waals surface area contributed by atoms with Crippen molar-refractivity contribution < 1.29 is 17.9 Å². The van der Waals surface area contributed by atoms with Gasteiger partial charge in [0, 0.05) is 6.20 Å². The van der Waals surface area contributed by atoms with E-state index < -0.39 is 23.5 Å². The van der Waals surface area contributed by atoms with Gasteiger partial charge in [-0.3, -0.25) is 4.98 Å². The highest BCUT2D eigenvalue weighted by atomic mass is 19.2. The highest BCUT2D eigenvalue weighted by Crippen LogP contribution is 2.26. The fourth-order valence-electron chi connectivity index (χ4n) is 1.97. The first kappa shape index (κ1) is 14.3. The van der Waals surface area contributed by atoms with Crippen LogP contribution in [-0.4, -0.2) is 19.1 Å². The molecule has 1 N–H and O–H groups in total. The van der Waals surface area contributed by atoms with Gasteiger partial charge >= 0.3 is 0 Å². The number of halogens is 3. The van der Waals surface area contributed by atoms with Gasteiger partial charge in [-0.2, -0.15) is 0 Å². The lowest BCUT2D eigenvalue weighted by Gasteiger charge is -2.18. The highest BCUT2D eigenvalue weighted by Gasteiger charge is 2.18. The molecule has 0 bridgehead atoms. The molecule has 0 saturated heterocycles. The van der Waals surface area contributed by atoms with Gasteiger partial charge in [0.2, 0.25) is 0 Å². The molecule has 0 amide bonds. The minimum atomic E-state index is -1.48. The van der Waals surface area contributed by atoms with Crippen LogP contribution in [0.5, 0.6) is 5.75 Å². The molecule has 6 heteroatoms. The molecule has 0 aliphatic carbocycles. The Morgan fingerprint density at radius 3 is 2.25 bits per heavy atom. The smallest absolute Gasteiger partial charge is 0.194 e. The Bertz CT molecular complexity index is 596. The van der Waals surface area contributed by atoms with Crippen molar-refractivity contribution in [3.8, 4) is 5.75 Å². The Hall–Kier alpha value is -2.08. The fourth-order valence-corrected chi connectivity index (χ4v) is 1.97. The Morgan fingerprint density at radius 2 is 1.70 bits per heavy atom. The number of ether oxygens (including phenoxy) is 1. The van der Waals surface area contributed by atoms with Gasteiger partial charge in [-0.05, 0) is 36.4 Å². The van der Waals surface area contributed by atoms with E-state index in [4.69, 9.17) is 4.74 Å². The lowest BCUT2D eigenvalue weighted by atomic mass is 10.00. The lowest BCUT2D eigenvalue weighted by molar-refractivity contribution is 0.411. The van der Waals surface area contributed by atoms with Gasteiger partial charge in [-0.15, -0.1) is 0 Å². The van der Waals surface area contributed by atoms with E-state index in [-0.39, 0.29) is 5.56 Å². The van der Waals surface area contributed by atoms with Crippen LogP contribution in [0.1, 0.15) is 17.2 Å². The molecule has 0 aliphatic rings. The van der Waals surface area contributed by atoms with Crippen molar-refractivity contribution in [3.63, 3.8) is 0 Å². The first-order valence-electron chi connectivity index (χ1n) is 5.87. The molecule has 0 radical (unpaired) electrons. The molecule has 1 heterocycles. The average molecular weight is 282 g/mol. The van der Waals surface area contributed by atoms with Crippen molar-refractivity contribution in [1.29, 1.82) is 0 Å². The van der Waals surface area contributed by atoms with Crippen LogP contribution in [0.4, 0.5) is 13.2 Å². The number of aromatic nitrogens is 1. The maximum atomic E-state index is 13.3. The molecule has 3 nitrogen and oxygen atoms in total. The summed E-state index contributed by atoms with van der Waals surface area (Å²) in [5.74, 6) is -3.41. The fraction of sp³-hybridized carbons (Fsp3) is 0.214.